The summed E-state index contributed by atoms with van der Waals surface area (Å²) in [5.74, 6) is 0. The van der Waals surface area contributed by atoms with Crippen LogP contribution in [0.5, 0.6) is 0 Å². The molecule has 2 aromatic rings. The van der Waals surface area contributed by atoms with E-state index in [2.05, 4.69) is 22.2 Å². The maximum absolute atomic E-state index is 11.3. The van der Waals surface area contributed by atoms with Gasteiger partial charge in [0.05, 0.1) is 11.0 Å². The van der Waals surface area contributed by atoms with E-state index in [4.69, 9.17) is 0 Å². The van der Waals surface area contributed by atoms with Gasteiger partial charge in [0.25, 0.3) is 0 Å². The molecule has 1 heterocycles. The number of hydrogen-bond donors (Lipinski definition) is 3. The number of fused-ring (bicyclic) bond motifs is 1. The number of imidazole rings is 1. The molecule has 20 heavy (non-hydrogen) atoms. The van der Waals surface area contributed by atoms with Gasteiger partial charge in [0.1, 0.15) is 0 Å². The summed E-state index contributed by atoms with van der Waals surface area (Å²) in [6, 6.07) is 6.08. The number of benzene rings is 1. The molecule has 110 valence electrons. The van der Waals surface area contributed by atoms with Crippen molar-refractivity contribution in [1.82, 2.24) is 15.3 Å². The smallest absolute Gasteiger partial charge is 0.310 e. The second-order valence-corrected chi connectivity index (χ2v) is 6.96. The normalized spacial score (nSPS) is 16.1. The van der Waals surface area contributed by atoms with Crippen molar-refractivity contribution >= 4 is 21.8 Å². The Kier molecular flexibility index (Phi) is 4.77. The molecule has 0 radical (unpaired) electrons. The first-order valence-electron chi connectivity index (χ1n) is 6.75. The zero-order valence-electron chi connectivity index (χ0n) is 12.0. The molecule has 5 nitrogen and oxygen atoms in total. The SMILES string of the molecule is CC(NCCC(C)S(C)=O)c1ccc2[nH]c(=O)[nH]c2c1. The van der Waals surface area contributed by atoms with Crippen molar-refractivity contribution in [3.63, 3.8) is 0 Å². The predicted octanol–water partition coefficient (Wildman–Crippen LogP) is 1.66. The number of aromatic amines is 2. The second kappa shape index (κ2) is 6.37. The molecule has 3 unspecified atom stereocenters. The van der Waals surface area contributed by atoms with Gasteiger partial charge in [-0.25, -0.2) is 4.79 Å². The maximum Gasteiger partial charge on any atom is 0.323 e. The van der Waals surface area contributed by atoms with Crippen molar-refractivity contribution in [2.45, 2.75) is 31.6 Å². The van der Waals surface area contributed by atoms with Crippen LogP contribution in [-0.2, 0) is 10.8 Å². The summed E-state index contributed by atoms with van der Waals surface area (Å²) in [5, 5.41) is 3.63. The van der Waals surface area contributed by atoms with Crippen molar-refractivity contribution in [1.29, 1.82) is 0 Å². The van der Waals surface area contributed by atoms with Gasteiger partial charge in [-0.2, -0.15) is 0 Å². The Bertz CT molecular complexity index is 662. The van der Waals surface area contributed by atoms with E-state index in [1.54, 1.807) is 6.26 Å². The maximum atomic E-state index is 11.3. The Hall–Kier alpha value is -1.40. The zero-order valence-corrected chi connectivity index (χ0v) is 12.8. The van der Waals surface area contributed by atoms with E-state index in [1.807, 2.05) is 25.1 Å². The lowest BCUT2D eigenvalue weighted by molar-refractivity contribution is 0.554. The largest absolute Gasteiger partial charge is 0.323 e. The Labute approximate surface area is 120 Å². The van der Waals surface area contributed by atoms with Crippen molar-refractivity contribution in [2.75, 3.05) is 12.8 Å². The van der Waals surface area contributed by atoms with Crippen LogP contribution in [0.4, 0.5) is 0 Å². The van der Waals surface area contributed by atoms with Gasteiger partial charge in [0.2, 0.25) is 0 Å². The van der Waals surface area contributed by atoms with Gasteiger partial charge in [-0.1, -0.05) is 13.0 Å². The molecule has 0 bridgehead atoms. The Morgan fingerprint density at radius 1 is 1.25 bits per heavy atom. The van der Waals surface area contributed by atoms with Gasteiger partial charge in [0, 0.05) is 28.3 Å². The van der Waals surface area contributed by atoms with Crippen LogP contribution in [0.15, 0.2) is 23.0 Å². The average molecular weight is 295 g/mol. The van der Waals surface area contributed by atoms with Crippen LogP contribution in [0.2, 0.25) is 0 Å². The van der Waals surface area contributed by atoms with Crippen LogP contribution >= 0.6 is 0 Å². The second-order valence-electron chi connectivity index (χ2n) is 5.16. The fourth-order valence-electron chi connectivity index (χ4n) is 2.11. The highest BCUT2D eigenvalue weighted by atomic mass is 32.2. The minimum absolute atomic E-state index is 0.183. The molecule has 0 fully saturated rings. The van der Waals surface area contributed by atoms with Gasteiger partial charge < -0.3 is 15.3 Å². The topological polar surface area (TPSA) is 77.8 Å². The van der Waals surface area contributed by atoms with E-state index in [1.165, 1.54) is 0 Å². The molecule has 0 aliphatic carbocycles. The van der Waals surface area contributed by atoms with Gasteiger partial charge in [-0.3, -0.25) is 4.21 Å². The highest BCUT2D eigenvalue weighted by Crippen LogP contribution is 2.17. The highest BCUT2D eigenvalue weighted by molar-refractivity contribution is 7.84. The van der Waals surface area contributed by atoms with E-state index >= 15 is 0 Å². The molecule has 0 saturated heterocycles. The van der Waals surface area contributed by atoms with Crippen LogP contribution in [0.1, 0.15) is 31.9 Å². The third kappa shape index (κ3) is 3.58. The first-order chi connectivity index (χ1) is 9.47. The third-order valence-electron chi connectivity index (χ3n) is 3.61. The third-order valence-corrected chi connectivity index (χ3v) is 4.98. The van der Waals surface area contributed by atoms with Crippen LogP contribution < -0.4 is 11.0 Å². The summed E-state index contributed by atoms with van der Waals surface area (Å²) in [6.45, 7) is 4.90. The summed E-state index contributed by atoms with van der Waals surface area (Å²) >= 11 is 0. The minimum Gasteiger partial charge on any atom is -0.310 e. The number of rotatable bonds is 6. The minimum atomic E-state index is -0.769. The summed E-state index contributed by atoms with van der Waals surface area (Å²) in [4.78, 5) is 16.7. The number of nitrogens with one attached hydrogen (secondary N) is 3. The molecular weight excluding hydrogens is 274 g/mol. The van der Waals surface area contributed by atoms with Crippen molar-refractivity contribution < 1.29 is 4.21 Å². The monoisotopic (exact) mass is 295 g/mol. The number of aromatic nitrogens is 2. The molecule has 1 aromatic heterocycles. The van der Waals surface area contributed by atoms with Crippen LogP contribution in [0.25, 0.3) is 11.0 Å². The summed E-state index contributed by atoms with van der Waals surface area (Å²) in [7, 11) is -0.769. The molecule has 1 aromatic carbocycles. The van der Waals surface area contributed by atoms with Crippen molar-refractivity contribution in [3.05, 3.63) is 34.2 Å². The summed E-state index contributed by atoms with van der Waals surface area (Å²) in [6.07, 6.45) is 2.63. The average Bonchev–Trinajstić information content (AvgIpc) is 2.77. The molecule has 6 heteroatoms. The molecule has 0 spiro atoms. The molecular formula is C14H21N3O2S. The van der Waals surface area contributed by atoms with E-state index in [0.717, 1.165) is 29.6 Å². The summed E-state index contributed by atoms with van der Waals surface area (Å²) in [5.41, 5.74) is 2.58. The van der Waals surface area contributed by atoms with Crippen LogP contribution in [0.3, 0.4) is 0 Å². The van der Waals surface area contributed by atoms with Gasteiger partial charge in [-0.15, -0.1) is 0 Å². The molecule has 0 amide bonds. The van der Waals surface area contributed by atoms with Crippen molar-refractivity contribution in [3.8, 4) is 0 Å². The van der Waals surface area contributed by atoms with E-state index < -0.39 is 10.8 Å². The molecule has 3 N–H and O–H groups in total. The predicted molar refractivity (Wildman–Crippen MR) is 83.5 cm³/mol. The molecule has 3 atom stereocenters. The number of hydrogen-bond acceptors (Lipinski definition) is 3. The lowest BCUT2D eigenvalue weighted by Gasteiger charge is -2.16. The van der Waals surface area contributed by atoms with Crippen LogP contribution in [-0.4, -0.2) is 32.2 Å². The lowest BCUT2D eigenvalue weighted by Crippen LogP contribution is -2.24. The Balaban J connectivity index is 1.98. The number of H-pyrrole nitrogens is 2. The fourth-order valence-corrected chi connectivity index (χ4v) is 2.56. The lowest BCUT2D eigenvalue weighted by atomic mass is 10.1. The quantitative estimate of drug-likeness (QED) is 0.758. The van der Waals surface area contributed by atoms with Gasteiger partial charge >= 0.3 is 5.69 Å². The fraction of sp³-hybridized carbons (Fsp3) is 0.500. The van der Waals surface area contributed by atoms with Crippen LogP contribution in [0, 0.1) is 0 Å². The van der Waals surface area contributed by atoms with E-state index in [9.17, 15) is 9.00 Å². The highest BCUT2D eigenvalue weighted by Gasteiger charge is 2.09. The molecule has 0 aliphatic rings. The Morgan fingerprint density at radius 3 is 2.65 bits per heavy atom. The summed E-state index contributed by atoms with van der Waals surface area (Å²) < 4.78 is 11.3. The molecule has 0 saturated carbocycles. The zero-order chi connectivity index (χ0) is 14.7. The first kappa shape index (κ1) is 15.0. The van der Waals surface area contributed by atoms with Crippen molar-refractivity contribution in [2.24, 2.45) is 0 Å². The first-order valence-corrected chi connectivity index (χ1v) is 8.37. The van der Waals surface area contributed by atoms with Gasteiger partial charge in [-0.05, 0) is 37.6 Å². The molecule has 2 rings (SSSR count). The van der Waals surface area contributed by atoms with Gasteiger partial charge in [0.15, 0.2) is 0 Å². The Morgan fingerprint density at radius 2 is 1.95 bits per heavy atom. The molecule has 0 aliphatic heterocycles. The van der Waals surface area contributed by atoms with E-state index in [-0.39, 0.29) is 17.0 Å². The van der Waals surface area contributed by atoms with E-state index in [0.29, 0.717) is 0 Å². The standard InChI is InChI=1S/C14H21N3O2S/c1-9(20(3)19)6-7-15-10(2)11-4-5-12-13(8-11)17-14(18)16-12/h4-5,8-10,15H,6-7H2,1-3H3,(H2,16,17,18).